The molecule has 0 bridgehead atoms. The molecule has 0 spiro atoms. The third-order valence-electron chi connectivity index (χ3n) is 3.25. The Bertz CT molecular complexity index is 891. The molecule has 0 unspecified atom stereocenters. The molecule has 0 amide bonds. The van der Waals surface area contributed by atoms with Gasteiger partial charge in [-0.2, -0.15) is 0 Å². The largest absolute Gasteiger partial charge is 0.506 e. The number of aromatic hydroxyl groups is 1. The van der Waals surface area contributed by atoms with Gasteiger partial charge in [-0.1, -0.05) is 41.9 Å². The summed E-state index contributed by atoms with van der Waals surface area (Å²) in [6, 6.07) is 15.6. The summed E-state index contributed by atoms with van der Waals surface area (Å²) in [5.74, 6) is -0.0268. The Kier molecular flexibility index (Phi) is 3.85. The van der Waals surface area contributed by atoms with Gasteiger partial charge in [0.1, 0.15) is 17.1 Å². The number of carbonyl (C=O) groups is 1. The molecule has 0 fully saturated rings. The highest BCUT2D eigenvalue weighted by Crippen LogP contribution is 2.34. The standard InChI is InChI=1S/C17H11ClN2O2/c18-13-7-8-16(22)15(9-13)19-20-17-12(10-21)6-5-11-3-1-2-4-14(11)17/h1-10,22H. The van der Waals surface area contributed by atoms with Crippen LogP contribution in [0.15, 0.2) is 64.8 Å². The van der Waals surface area contributed by atoms with E-state index in [-0.39, 0.29) is 11.4 Å². The molecule has 5 heteroatoms. The van der Waals surface area contributed by atoms with E-state index in [1.165, 1.54) is 12.1 Å². The predicted octanol–water partition coefficient (Wildman–Crippen LogP) is 5.43. The maximum Gasteiger partial charge on any atom is 0.152 e. The van der Waals surface area contributed by atoms with Gasteiger partial charge >= 0.3 is 0 Å². The second kappa shape index (κ2) is 5.95. The summed E-state index contributed by atoms with van der Waals surface area (Å²) in [6.07, 6.45) is 0.735. The highest BCUT2D eigenvalue weighted by molar-refractivity contribution is 6.30. The summed E-state index contributed by atoms with van der Waals surface area (Å²) in [5, 5.41) is 20.2. The van der Waals surface area contributed by atoms with Gasteiger partial charge in [-0.05, 0) is 29.7 Å². The van der Waals surface area contributed by atoms with Crippen LogP contribution in [-0.4, -0.2) is 11.4 Å². The highest BCUT2D eigenvalue weighted by atomic mass is 35.5. The fourth-order valence-electron chi connectivity index (χ4n) is 2.16. The Balaban J connectivity index is 2.15. The zero-order chi connectivity index (χ0) is 15.5. The molecule has 0 aliphatic carbocycles. The summed E-state index contributed by atoms with van der Waals surface area (Å²) in [7, 11) is 0. The Morgan fingerprint density at radius 3 is 2.64 bits per heavy atom. The molecule has 22 heavy (non-hydrogen) atoms. The van der Waals surface area contributed by atoms with Crippen molar-refractivity contribution in [2.24, 2.45) is 10.2 Å². The minimum absolute atomic E-state index is 0.0268. The third-order valence-corrected chi connectivity index (χ3v) is 3.49. The van der Waals surface area contributed by atoms with Crippen LogP contribution in [0.4, 0.5) is 11.4 Å². The van der Waals surface area contributed by atoms with Crippen molar-refractivity contribution in [2.75, 3.05) is 0 Å². The molecule has 0 aliphatic heterocycles. The van der Waals surface area contributed by atoms with Crippen LogP contribution in [0.5, 0.6) is 5.75 Å². The average molecular weight is 311 g/mol. The van der Waals surface area contributed by atoms with Crippen molar-refractivity contribution in [2.45, 2.75) is 0 Å². The van der Waals surface area contributed by atoms with Gasteiger partial charge in [0.15, 0.2) is 6.29 Å². The molecule has 0 atom stereocenters. The summed E-state index contributed by atoms with van der Waals surface area (Å²) in [4.78, 5) is 11.2. The van der Waals surface area contributed by atoms with Gasteiger partial charge in [-0.25, -0.2) is 0 Å². The van der Waals surface area contributed by atoms with E-state index in [9.17, 15) is 9.90 Å². The van der Waals surface area contributed by atoms with Crippen LogP contribution in [0.25, 0.3) is 10.8 Å². The Morgan fingerprint density at radius 1 is 1.00 bits per heavy atom. The molecular formula is C17H11ClN2O2. The molecule has 3 aromatic rings. The topological polar surface area (TPSA) is 62.0 Å². The van der Waals surface area contributed by atoms with E-state index < -0.39 is 0 Å². The summed E-state index contributed by atoms with van der Waals surface area (Å²) in [5.41, 5.74) is 1.15. The normalized spacial score (nSPS) is 11.1. The number of phenols is 1. The number of phenolic OH excluding ortho intramolecular Hbond substituents is 1. The zero-order valence-corrected chi connectivity index (χ0v) is 12.2. The molecule has 0 aromatic heterocycles. The lowest BCUT2D eigenvalue weighted by molar-refractivity contribution is 0.112. The highest BCUT2D eigenvalue weighted by Gasteiger charge is 2.07. The second-order valence-corrected chi connectivity index (χ2v) is 5.11. The number of nitrogens with zero attached hydrogens (tertiary/aromatic N) is 2. The van der Waals surface area contributed by atoms with Crippen molar-refractivity contribution in [3.8, 4) is 5.75 Å². The smallest absolute Gasteiger partial charge is 0.152 e. The monoisotopic (exact) mass is 310 g/mol. The minimum atomic E-state index is -0.0268. The Morgan fingerprint density at radius 2 is 1.82 bits per heavy atom. The van der Waals surface area contributed by atoms with Crippen LogP contribution in [-0.2, 0) is 0 Å². The summed E-state index contributed by atoms with van der Waals surface area (Å²) >= 11 is 5.88. The molecule has 0 saturated heterocycles. The number of azo groups is 1. The number of hydrogen-bond acceptors (Lipinski definition) is 4. The fourth-order valence-corrected chi connectivity index (χ4v) is 2.33. The van der Waals surface area contributed by atoms with Gasteiger partial charge in [0.2, 0.25) is 0 Å². The van der Waals surface area contributed by atoms with E-state index in [1.807, 2.05) is 30.3 Å². The van der Waals surface area contributed by atoms with Crippen LogP contribution < -0.4 is 0 Å². The quantitative estimate of drug-likeness (QED) is 0.518. The molecule has 3 rings (SSSR count). The number of halogens is 1. The third kappa shape index (κ3) is 2.69. The van der Waals surface area contributed by atoms with Gasteiger partial charge in [-0.3, -0.25) is 4.79 Å². The summed E-state index contributed by atoms with van der Waals surface area (Å²) in [6.45, 7) is 0. The molecule has 1 N–H and O–H groups in total. The van der Waals surface area contributed by atoms with E-state index >= 15 is 0 Å². The number of hydrogen-bond donors (Lipinski definition) is 1. The lowest BCUT2D eigenvalue weighted by Crippen LogP contribution is -1.83. The number of rotatable bonds is 3. The first-order chi connectivity index (χ1) is 10.7. The van der Waals surface area contributed by atoms with Gasteiger partial charge in [0, 0.05) is 16.0 Å². The number of aldehydes is 1. The van der Waals surface area contributed by atoms with Gasteiger partial charge in [-0.15, -0.1) is 10.2 Å². The van der Waals surface area contributed by atoms with E-state index in [4.69, 9.17) is 11.6 Å². The maximum atomic E-state index is 11.2. The molecule has 0 heterocycles. The van der Waals surface area contributed by atoms with E-state index in [0.29, 0.717) is 16.3 Å². The SMILES string of the molecule is O=Cc1ccc2ccccc2c1N=Nc1cc(Cl)ccc1O. The van der Waals surface area contributed by atoms with E-state index in [0.717, 1.165) is 17.1 Å². The van der Waals surface area contributed by atoms with Crippen LogP contribution in [0.1, 0.15) is 10.4 Å². The van der Waals surface area contributed by atoms with Crippen LogP contribution >= 0.6 is 11.6 Å². The number of carbonyl (C=O) groups excluding carboxylic acids is 1. The van der Waals surface area contributed by atoms with Crippen molar-refractivity contribution in [1.29, 1.82) is 0 Å². The second-order valence-electron chi connectivity index (χ2n) is 4.68. The van der Waals surface area contributed by atoms with Gasteiger partial charge < -0.3 is 5.11 Å². The number of benzene rings is 3. The van der Waals surface area contributed by atoms with Crippen molar-refractivity contribution in [1.82, 2.24) is 0 Å². The zero-order valence-electron chi connectivity index (χ0n) is 11.4. The molecule has 0 aliphatic rings. The van der Waals surface area contributed by atoms with Crippen molar-refractivity contribution < 1.29 is 9.90 Å². The first-order valence-corrected chi connectivity index (χ1v) is 6.94. The average Bonchev–Trinajstić information content (AvgIpc) is 2.55. The molecule has 4 nitrogen and oxygen atoms in total. The van der Waals surface area contributed by atoms with Crippen molar-refractivity contribution in [3.63, 3.8) is 0 Å². The first kappa shape index (κ1) is 14.2. The van der Waals surface area contributed by atoms with Gasteiger partial charge in [0.05, 0.1) is 0 Å². The maximum absolute atomic E-state index is 11.2. The lowest BCUT2D eigenvalue weighted by Gasteiger charge is -2.04. The molecule has 108 valence electrons. The Hall–Kier alpha value is -2.72. The predicted molar refractivity (Wildman–Crippen MR) is 86.6 cm³/mol. The molecule has 0 radical (unpaired) electrons. The van der Waals surface area contributed by atoms with Gasteiger partial charge in [0.25, 0.3) is 0 Å². The van der Waals surface area contributed by atoms with Crippen LogP contribution in [0.3, 0.4) is 0 Å². The van der Waals surface area contributed by atoms with E-state index in [2.05, 4.69) is 10.2 Å². The van der Waals surface area contributed by atoms with Crippen LogP contribution in [0, 0.1) is 0 Å². The Labute approximate surface area is 131 Å². The minimum Gasteiger partial charge on any atom is -0.506 e. The van der Waals surface area contributed by atoms with Crippen molar-refractivity contribution >= 4 is 40.0 Å². The van der Waals surface area contributed by atoms with Crippen LogP contribution in [0.2, 0.25) is 5.02 Å². The molecular weight excluding hydrogens is 300 g/mol. The first-order valence-electron chi connectivity index (χ1n) is 6.56. The van der Waals surface area contributed by atoms with Crippen molar-refractivity contribution in [3.05, 3.63) is 65.2 Å². The summed E-state index contributed by atoms with van der Waals surface area (Å²) < 4.78 is 0. The lowest BCUT2D eigenvalue weighted by atomic mass is 10.1. The fraction of sp³-hybridized carbons (Fsp3) is 0. The molecule has 3 aromatic carbocycles. The molecule has 0 saturated carbocycles. The van der Waals surface area contributed by atoms with E-state index in [1.54, 1.807) is 12.1 Å². The number of fused-ring (bicyclic) bond motifs is 1.